The molecule has 1 spiro atoms. The summed E-state index contributed by atoms with van der Waals surface area (Å²) in [6.45, 7) is 0. The first-order chi connectivity index (χ1) is 38.2. The molecule has 0 unspecified atom stereocenters. The monoisotopic (exact) mass is 984 g/mol. The summed E-state index contributed by atoms with van der Waals surface area (Å²) < 4.78 is 13.3. The van der Waals surface area contributed by atoms with E-state index in [0.717, 1.165) is 101 Å². The van der Waals surface area contributed by atoms with Crippen LogP contribution in [0.1, 0.15) is 22.3 Å². The highest BCUT2D eigenvalue weighted by molar-refractivity contribution is 6.09. The van der Waals surface area contributed by atoms with Crippen molar-refractivity contribution in [2.75, 3.05) is 9.80 Å². The summed E-state index contributed by atoms with van der Waals surface area (Å²) in [5.74, 6) is 1.77. The predicted octanol–water partition coefficient (Wildman–Crippen LogP) is 20.0. The van der Waals surface area contributed by atoms with Crippen LogP contribution in [0.15, 0.2) is 296 Å². The molecule has 13 aromatic rings. The molecule has 0 saturated carbocycles. The maximum atomic E-state index is 6.78. The van der Waals surface area contributed by atoms with Crippen molar-refractivity contribution < 1.29 is 9.15 Å². The lowest BCUT2D eigenvalue weighted by Crippen LogP contribution is -2.32. The van der Waals surface area contributed by atoms with E-state index in [1.807, 2.05) is 12.1 Å². The lowest BCUT2D eigenvalue weighted by atomic mass is 9.66. The molecule has 362 valence electrons. The molecule has 0 bridgehead atoms. The smallest absolute Gasteiger partial charge is 0.143 e. The highest BCUT2D eigenvalue weighted by atomic mass is 16.5. The number of hydrogen-bond acceptors (Lipinski definition) is 4. The van der Waals surface area contributed by atoms with Crippen molar-refractivity contribution in [1.29, 1.82) is 0 Å². The molecule has 12 aromatic carbocycles. The van der Waals surface area contributed by atoms with Crippen molar-refractivity contribution in [2.24, 2.45) is 0 Å². The molecular weight excluding hydrogens is 937 g/mol. The fourth-order valence-corrected chi connectivity index (χ4v) is 12.3. The minimum absolute atomic E-state index is 0.542. The average molecular weight is 985 g/mol. The van der Waals surface area contributed by atoms with Crippen molar-refractivity contribution in [3.05, 3.63) is 313 Å². The zero-order valence-electron chi connectivity index (χ0n) is 41.9. The summed E-state index contributed by atoms with van der Waals surface area (Å²) in [6, 6.07) is 105. The molecule has 2 heterocycles. The van der Waals surface area contributed by atoms with E-state index in [-0.39, 0.29) is 0 Å². The summed E-state index contributed by atoms with van der Waals surface area (Å²) in [5.41, 5.74) is 21.7. The molecule has 0 N–H and O–H groups in total. The minimum atomic E-state index is -0.542. The van der Waals surface area contributed by atoms with Crippen molar-refractivity contribution in [1.82, 2.24) is 0 Å². The van der Waals surface area contributed by atoms with E-state index >= 15 is 0 Å². The number of furan rings is 1. The first-order valence-electron chi connectivity index (χ1n) is 26.3. The molecule has 0 atom stereocenters. The maximum absolute atomic E-state index is 6.78. The summed E-state index contributed by atoms with van der Waals surface area (Å²) in [7, 11) is 0. The molecule has 15 rings (SSSR count). The van der Waals surface area contributed by atoms with E-state index in [4.69, 9.17) is 9.15 Å². The quantitative estimate of drug-likeness (QED) is 0.144. The maximum Gasteiger partial charge on any atom is 0.143 e. The van der Waals surface area contributed by atoms with Gasteiger partial charge in [0, 0.05) is 61.6 Å². The fourth-order valence-electron chi connectivity index (χ4n) is 12.3. The van der Waals surface area contributed by atoms with Gasteiger partial charge in [0.15, 0.2) is 0 Å². The zero-order chi connectivity index (χ0) is 50.9. The van der Waals surface area contributed by atoms with Gasteiger partial charge in [-0.2, -0.15) is 0 Å². The van der Waals surface area contributed by atoms with Gasteiger partial charge in [-0.15, -0.1) is 0 Å². The summed E-state index contributed by atoms with van der Waals surface area (Å²) in [6.07, 6.45) is 0. The Bertz CT molecular complexity index is 4290. The molecule has 4 heteroatoms. The van der Waals surface area contributed by atoms with Gasteiger partial charge in [-0.1, -0.05) is 194 Å². The fraction of sp³-hybridized carbons (Fsp3) is 0.0137. The molecule has 4 nitrogen and oxygen atoms in total. The highest BCUT2D eigenvalue weighted by Gasteiger charge is 2.51. The number of benzene rings is 12. The van der Waals surface area contributed by atoms with Crippen LogP contribution in [0.3, 0.4) is 0 Å². The average Bonchev–Trinajstić information content (AvgIpc) is 4.12. The van der Waals surface area contributed by atoms with Crippen LogP contribution in [0, 0.1) is 0 Å². The van der Waals surface area contributed by atoms with E-state index in [1.165, 1.54) is 33.4 Å². The number of anilines is 6. The topological polar surface area (TPSA) is 28.9 Å². The van der Waals surface area contributed by atoms with E-state index in [9.17, 15) is 0 Å². The number of rotatable bonds is 9. The van der Waals surface area contributed by atoms with Gasteiger partial charge in [0.2, 0.25) is 0 Å². The van der Waals surface area contributed by atoms with Crippen LogP contribution in [0.4, 0.5) is 34.1 Å². The zero-order valence-corrected chi connectivity index (χ0v) is 41.9. The molecule has 1 aliphatic carbocycles. The Morgan fingerprint density at radius 2 is 0.675 bits per heavy atom. The minimum Gasteiger partial charge on any atom is -0.457 e. The van der Waals surface area contributed by atoms with Crippen LogP contribution in [0.25, 0.3) is 66.4 Å². The second kappa shape index (κ2) is 18.0. The third-order valence-electron chi connectivity index (χ3n) is 15.8. The molecule has 77 heavy (non-hydrogen) atoms. The van der Waals surface area contributed by atoms with Crippen LogP contribution in [-0.4, -0.2) is 0 Å². The second-order valence-corrected chi connectivity index (χ2v) is 20.0. The van der Waals surface area contributed by atoms with Gasteiger partial charge in [-0.05, 0) is 147 Å². The Morgan fingerprint density at radius 3 is 1.30 bits per heavy atom. The molecule has 0 fully saturated rings. The molecule has 2 aliphatic rings. The summed E-state index contributed by atoms with van der Waals surface area (Å²) in [5, 5.41) is 2.24. The van der Waals surface area contributed by atoms with Crippen LogP contribution in [0.2, 0.25) is 0 Å². The van der Waals surface area contributed by atoms with Crippen molar-refractivity contribution in [3.63, 3.8) is 0 Å². The Hall–Kier alpha value is -10.2. The van der Waals surface area contributed by atoms with Gasteiger partial charge in [0.05, 0.1) is 5.41 Å². The standard InChI is InChI=1S/C73H48N2O2/c1-3-16-49(17-4-1)50-30-37-55(38-31-50)74(54-18-5-2-6-19-54)58-43-45-59(46-44-58)75(57-41-34-52(35-42-57)60-23-15-24-64-63-22-9-13-28-69(63)77-72(60)64)56-39-32-51(33-40-56)53-36-47-71-68(48-53)73(67-27-12-14-29-70(67)76-71)65-25-10-7-20-61(65)62-21-8-11-26-66(62)73/h1-48H. The first-order valence-corrected chi connectivity index (χ1v) is 26.3. The van der Waals surface area contributed by atoms with Gasteiger partial charge >= 0.3 is 0 Å². The lowest BCUT2D eigenvalue weighted by Gasteiger charge is -2.39. The largest absolute Gasteiger partial charge is 0.457 e. The molecule has 0 amide bonds. The van der Waals surface area contributed by atoms with Crippen LogP contribution >= 0.6 is 0 Å². The van der Waals surface area contributed by atoms with Gasteiger partial charge in [-0.3, -0.25) is 0 Å². The van der Waals surface area contributed by atoms with Crippen LogP contribution < -0.4 is 14.5 Å². The van der Waals surface area contributed by atoms with Crippen LogP contribution in [-0.2, 0) is 5.41 Å². The summed E-state index contributed by atoms with van der Waals surface area (Å²) in [4.78, 5) is 4.67. The molecule has 1 aliphatic heterocycles. The highest BCUT2D eigenvalue weighted by Crippen LogP contribution is 2.62. The van der Waals surface area contributed by atoms with Gasteiger partial charge < -0.3 is 19.0 Å². The molecule has 1 aromatic heterocycles. The van der Waals surface area contributed by atoms with Crippen molar-refractivity contribution in [2.45, 2.75) is 5.41 Å². The Balaban J connectivity index is 0.829. The number of hydrogen-bond donors (Lipinski definition) is 0. The lowest BCUT2D eigenvalue weighted by molar-refractivity contribution is 0.436. The van der Waals surface area contributed by atoms with Gasteiger partial charge in [0.1, 0.15) is 22.7 Å². The first kappa shape index (κ1) is 44.3. The predicted molar refractivity (Wildman–Crippen MR) is 317 cm³/mol. The second-order valence-electron chi connectivity index (χ2n) is 20.0. The Morgan fingerprint density at radius 1 is 0.260 bits per heavy atom. The van der Waals surface area contributed by atoms with Crippen molar-refractivity contribution in [3.8, 4) is 56.0 Å². The molecule has 0 saturated heterocycles. The molecule has 0 radical (unpaired) electrons. The number of fused-ring (bicyclic) bond motifs is 12. The SMILES string of the molecule is c1ccc(-c2ccc(N(c3ccccc3)c3ccc(N(c4ccc(-c5ccc6c(c5)C5(c7ccccc7O6)c6ccccc6-c6ccccc65)cc4)c4ccc(-c5cccc6c5oc5ccccc56)cc4)cc3)cc2)cc1. The number of para-hydroxylation sites is 4. The Kier molecular flexibility index (Phi) is 10.4. The third-order valence-corrected chi connectivity index (χ3v) is 15.8. The third kappa shape index (κ3) is 7.22. The van der Waals surface area contributed by atoms with E-state index in [1.54, 1.807) is 0 Å². The molecular formula is C73H48N2O2. The normalized spacial score (nSPS) is 12.6. The van der Waals surface area contributed by atoms with Crippen LogP contribution in [0.5, 0.6) is 11.5 Å². The van der Waals surface area contributed by atoms with Crippen molar-refractivity contribution >= 4 is 56.1 Å². The Labute approximate surface area is 447 Å². The van der Waals surface area contributed by atoms with Gasteiger partial charge in [0.25, 0.3) is 0 Å². The van der Waals surface area contributed by atoms with E-state index in [2.05, 4.69) is 289 Å². The van der Waals surface area contributed by atoms with E-state index < -0.39 is 5.41 Å². The van der Waals surface area contributed by atoms with Gasteiger partial charge in [-0.25, -0.2) is 0 Å². The number of nitrogens with zero attached hydrogens (tertiary/aromatic N) is 2. The summed E-state index contributed by atoms with van der Waals surface area (Å²) >= 11 is 0. The van der Waals surface area contributed by atoms with E-state index in [0.29, 0.717) is 0 Å². The number of ether oxygens (including phenoxy) is 1.